The van der Waals surface area contributed by atoms with Gasteiger partial charge in [0.05, 0.1) is 12.2 Å². The van der Waals surface area contributed by atoms with Gasteiger partial charge in [-0.25, -0.2) is 8.78 Å². The molecular weight excluding hydrogens is 596 g/mol. The molecule has 242 valence electrons. The highest BCUT2D eigenvalue weighted by Crippen LogP contribution is 2.49. The van der Waals surface area contributed by atoms with E-state index in [1.165, 1.54) is 44.5 Å². The van der Waals surface area contributed by atoms with Crippen LogP contribution in [0, 0.1) is 41.2 Å². The van der Waals surface area contributed by atoms with Crippen molar-refractivity contribution in [1.82, 2.24) is 20.2 Å². The lowest BCUT2D eigenvalue weighted by Gasteiger charge is -2.34. The number of benzene rings is 3. The molecule has 1 aromatic heterocycles. The van der Waals surface area contributed by atoms with E-state index < -0.39 is 11.6 Å². The summed E-state index contributed by atoms with van der Waals surface area (Å²) in [4.78, 5) is 14.2. The van der Waals surface area contributed by atoms with E-state index >= 15 is 8.78 Å². The lowest BCUT2D eigenvalue weighted by atomic mass is 9.93. The van der Waals surface area contributed by atoms with Gasteiger partial charge >= 0.3 is 6.01 Å². The first-order valence-corrected chi connectivity index (χ1v) is 17.1. The van der Waals surface area contributed by atoms with Gasteiger partial charge in [-0.05, 0) is 80.0 Å². The third kappa shape index (κ3) is 5.08. The van der Waals surface area contributed by atoms with Gasteiger partial charge in [0.1, 0.15) is 22.9 Å². The van der Waals surface area contributed by atoms with E-state index in [2.05, 4.69) is 26.0 Å². The Labute approximate surface area is 273 Å². The molecule has 9 rings (SSSR count). The zero-order chi connectivity index (χ0) is 31.9. The Kier molecular flexibility index (Phi) is 6.84. The van der Waals surface area contributed by atoms with Crippen molar-refractivity contribution in [2.24, 2.45) is 17.3 Å². The van der Waals surface area contributed by atoms with Crippen molar-refractivity contribution in [2.45, 2.75) is 57.0 Å². The Hall–Kier alpha value is -4.00. The first-order valence-electron chi connectivity index (χ1n) is 17.1. The monoisotopic (exact) mass is 635 g/mol. The first kappa shape index (κ1) is 29.2. The number of hydrogen-bond acceptors (Lipinski definition) is 7. The summed E-state index contributed by atoms with van der Waals surface area (Å²) in [7, 11) is 0. The van der Waals surface area contributed by atoms with Crippen LogP contribution < -0.4 is 15.0 Å². The van der Waals surface area contributed by atoms with Crippen LogP contribution in [0.25, 0.3) is 32.8 Å². The number of anilines is 1. The molecule has 0 spiro atoms. The molecule has 4 unspecified atom stereocenters. The minimum atomic E-state index is -0.824. The summed E-state index contributed by atoms with van der Waals surface area (Å²) >= 11 is 0. The van der Waals surface area contributed by atoms with Crippen molar-refractivity contribution >= 4 is 27.5 Å². The number of likely N-dealkylation sites (tertiary alicyclic amines) is 1. The number of fused-ring (bicyclic) bond motifs is 5. The van der Waals surface area contributed by atoms with Gasteiger partial charge in [0, 0.05) is 72.1 Å². The predicted molar refractivity (Wildman–Crippen MR) is 179 cm³/mol. The number of nitrogens with one attached hydrogen (secondary N) is 1. The van der Waals surface area contributed by atoms with Crippen LogP contribution in [0.1, 0.15) is 50.5 Å². The number of phenolic OH excluding ortho intramolecular Hbond substituents is 1. The fourth-order valence-corrected chi connectivity index (χ4v) is 9.09. The molecule has 2 aliphatic carbocycles. The van der Waals surface area contributed by atoms with Crippen LogP contribution >= 0.6 is 0 Å². The minimum absolute atomic E-state index is 0.000763. The molecule has 47 heavy (non-hydrogen) atoms. The van der Waals surface area contributed by atoms with Gasteiger partial charge in [0.25, 0.3) is 0 Å². The summed E-state index contributed by atoms with van der Waals surface area (Å²) in [6.07, 6.45) is 14.2. The Morgan fingerprint density at radius 3 is 2.49 bits per heavy atom. The van der Waals surface area contributed by atoms with Crippen LogP contribution in [0.2, 0.25) is 0 Å². The Morgan fingerprint density at radius 2 is 1.77 bits per heavy atom. The molecular formula is C38H39F2N5O2. The van der Waals surface area contributed by atoms with E-state index in [-0.39, 0.29) is 33.8 Å². The zero-order valence-corrected chi connectivity index (χ0v) is 26.4. The van der Waals surface area contributed by atoms with Crippen molar-refractivity contribution in [3.63, 3.8) is 0 Å². The summed E-state index contributed by atoms with van der Waals surface area (Å²) in [6.45, 7) is 5.22. The third-order valence-corrected chi connectivity index (χ3v) is 11.6. The molecule has 4 aromatic rings. The summed E-state index contributed by atoms with van der Waals surface area (Å²) in [6, 6.07) is 10.2. The molecule has 4 heterocycles. The van der Waals surface area contributed by atoms with Gasteiger partial charge < -0.3 is 25.0 Å². The van der Waals surface area contributed by atoms with Gasteiger partial charge in [-0.15, -0.1) is 6.42 Å². The molecule has 0 amide bonds. The molecule has 9 heteroatoms. The largest absolute Gasteiger partial charge is 0.508 e. The van der Waals surface area contributed by atoms with Gasteiger partial charge in [-0.3, -0.25) is 0 Å². The quantitative estimate of drug-likeness (QED) is 0.233. The van der Waals surface area contributed by atoms with Crippen LogP contribution in [0.4, 0.5) is 14.6 Å². The highest BCUT2D eigenvalue weighted by molar-refractivity contribution is 6.04. The Bertz CT molecular complexity index is 1930. The van der Waals surface area contributed by atoms with Crippen molar-refractivity contribution < 1.29 is 18.6 Å². The van der Waals surface area contributed by atoms with E-state index in [0.717, 1.165) is 44.1 Å². The van der Waals surface area contributed by atoms with Crippen LogP contribution in [-0.4, -0.2) is 71.4 Å². The number of terminal acetylenes is 1. The topological polar surface area (TPSA) is 73.8 Å². The second-order valence-corrected chi connectivity index (χ2v) is 14.8. The molecule has 3 saturated heterocycles. The number of phenols is 1. The number of halogens is 2. The number of piperazine rings is 1. The molecule has 4 atom stereocenters. The van der Waals surface area contributed by atoms with Crippen LogP contribution in [0.3, 0.4) is 0 Å². The Morgan fingerprint density at radius 1 is 1.00 bits per heavy atom. The minimum Gasteiger partial charge on any atom is -0.508 e. The van der Waals surface area contributed by atoms with Crippen LogP contribution in [-0.2, 0) is 0 Å². The summed E-state index contributed by atoms with van der Waals surface area (Å²) in [5.41, 5.74) is 0.440. The van der Waals surface area contributed by atoms with E-state index in [4.69, 9.17) is 16.1 Å². The molecule has 7 nitrogen and oxygen atoms in total. The van der Waals surface area contributed by atoms with Crippen molar-refractivity contribution in [3.8, 4) is 35.2 Å². The predicted octanol–water partition coefficient (Wildman–Crippen LogP) is 6.25. The molecule has 5 aliphatic rings. The number of hydrogen-bond donors (Lipinski definition) is 2. The average Bonchev–Trinajstić information content (AvgIpc) is 3.30. The number of nitrogens with zero attached hydrogens (tertiary/aromatic N) is 4. The maximum absolute atomic E-state index is 16.9. The zero-order valence-electron chi connectivity index (χ0n) is 26.4. The van der Waals surface area contributed by atoms with Crippen LogP contribution in [0.15, 0.2) is 36.4 Å². The van der Waals surface area contributed by atoms with E-state index in [9.17, 15) is 5.11 Å². The smallest absolute Gasteiger partial charge is 0.319 e. The lowest BCUT2D eigenvalue weighted by molar-refractivity contribution is 0.165. The third-order valence-electron chi connectivity index (χ3n) is 11.6. The van der Waals surface area contributed by atoms with Gasteiger partial charge in [0.2, 0.25) is 0 Å². The molecule has 3 aromatic carbocycles. The molecule has 3 aliphatic heterocycles. The second-order valence-electron chi connectivity index (χ2n) is 14.8. The number of aromatic hydroxyl groups is 1. The molecule has 5 fully saturated rings. The molecule has 0 radical (unpaired) electrons. The van der Waals surface area contributed by atoms with Gasteiger partial charge in [-0.2, -0.15) is 9.97 Å². The number of aromatic nitrogens is 2. The van der Waals surface area contributed by atoms with E-state index in [1.54, 1.807) is 24.3 Å². The standard InChI is InChI=1S/C38H39F2N5O2/c1-2-22-5-3-6-23-13-28(46)14-29(32(22)23)33-31(39)15-30-35(34(33)40)42-37(43-36(30)45-18-26-9-10-27(19-45)41-26)47-21-38(11-12-38)20-44-16-24-7-4-8-25(24)17-44/h1,3,5-6,13-15,24-27,41,46H,4,7-12,16-21H2. The first-order chi connectivity index (χ1) is 22.9. The lowest BCUT2D eigenvalue weighted by Crippen LogP contribution is -2.51. The average molecular weight is 636 g/mol. The molecule has 2 saturated carbocycles. The van der Waals surface area contributed by atoms with Crippen molar-refractivity contribution in [1.29, 1.82) is 0 Å². The van der Waals surface area contributed by atoms with Crippen LogP contribution in [0.5, 0.6) is 11.8 Å². The highest BCUT2D eigenvalue weighted by atomic mass is 19.1. The number of rotatable bonds is 7. The fraction of sp³-hybridized carbons (Fsp3) is 0.474. The van der Waals surface area contributed by atoms with E-state index in [1.807, 2.05) is 0 Å². The Balaban J connectivity index is 1.12. The van der Waals surface area contributed by atoms with Gasteiger partial charge in [0.15, 0.2) is 5.82 Å². The van der Waals surface area contributed by atoms with E-state index in [0.29, 0.717) is 59.3 Å². The normalized spacial score (nSPS) is 26.2. The maximum atomic E-state index is 16.9. The fourth-order valence-electron chi connectivity index (χ4n) is 9.09. The molecule has 2 N–H and O–H groups in total. The second kappa shape index (κ2) is 11.0. The molecule has 2 bridgehead atoms. The maximum Gasteiger partial charge on any atom is 0.319 e. The summed E-state index contributed by atoms with van der Waals surface area (Å²) in [5.74, 6) is 3.11. The van der Waals surface area contributed by atoms with Gasteiger partial charge in [-0.1, -0.05) is 24.5 Å². The number of ether oxygens (including phenoxy) is 1. The SMILES string of the molecule is C#Cc1cccc2cc(O)cc(-c3c(F)cc4c(N5CC6CCC(C5)N6)nc(OCC5(CN6CC7CCCC7C6)CC5)nc4c3F)c12. The van der Waals surface area contributed by atoms with Crippen molar-refractivity contribution in [3.05, 3.63) is 53.6 Å². The summed E-state index contributed by atoms with van der Waals surface area (Å²) in [5, 5.41) is 15.6. The van der Waals surface area contributed by atoms with Crippen molar-refractivity contribution in [2.75, 3.05) is 44.2 Å². The highest BCUT2D eigenvalue weighted by Gasteiger charge is 2.48. The summed E-state index contributed by atoms with van der Waals surface area (Å²) < 4.78 is 39.6.